The number of nitrogens with one attached hydrogen (secondary N) is 1. The van der Waals surface area contributed by atoms with Crippen molar-refractivity contribution < 1.29 is 26.0 Å². The van der Waals surface area contributed by atoms with Gasteiger partial charge in [-0.2, -0.15) is 9.61 Å². The fraction of sp³-hybridized carbons (Fsp3) is 0.273. The minimum atomic E-state index is -2.05. The lowest BCUT2D eigenvalue weighted by atomic mass is 10.3. The van der Waals surface area contributed by atoms with Crippen molar-refractivity contribution in [3.05, 3.63) is 34.6 Å². The molecule has 0 aromatic heterocycles. The molecule has 1 unspecified atom stereocenters. The van der Waals surface area contributed by atoms with Gasteiger partial charge in [0.1, 0.15) is 5.69 Å². The minimum absolute atomic E-state index is 0. The number of rotatable bonds is 0. The molecule has 3 nitrogen and oxygen atoms in total. The molecule has 1 aromatic carbocycles. The zero-order valence-corrected chi connectivity index (χ0v) is 12.9. The molecule has 6 heteroatoms. The number of fused-ring (bicyclic) bond motifs is 1. The largest absolute Gasteiger partial charge is 1.00 e. The van der Waals surface area contributed by atoms with E-state index in [0.29, 0.717) is 0 Å². The molecule has 1 saturated carbocycles. The Bertz CT molecular complexity index is 491. The molecule has 0 radical (unpaired) electrons. The molecule has 4 rings (SSSR count). The number of halogens is 2. The van der Waals surface area contributed by atoms with E-state index in [1.165, 1.54) is 0 Å². The van der Waals surface area contributed by atoms with Crippen LogP contribution in [0.3, 0.4) is 0 Å². The van der Waals surface area contributed by atoms with Gasteiger partial charge in [-0.3, -0.25) is 4.52 Å². The average Bonchev–Trinajstić information content (AvgIpc) is 2.86. The van der Waals surface area contributed by atoms with Gasteiger partial charge in [-0.1, -0.05) is 12.1 Å². The topological polar surface area (TPSA) is 30.5 Å². The Labute approximate surface area is 119 Å². The first-order valence-electron chi connectivity index (χ1n) is 5.27. The van der Waals surface area contributed by atoms with Crippen LogP contribution in [0.15, 0.2) is 34.6 Å². The van der Waals surface area contributed by atoms with Gasteiger partial charge in [0.05, 0.1) is 4.48 Å². The van der Waals surface area contributed by atoms with E-state index in [4.69, 9.17) is 9.05 Å². The van der Waals surface area contributed by atoms with Crippen molar-refractivity contribution in [2.24, 2.45) is 0 Å². The lowest BCUT2D eigenvalue weighted by Crippen LogP contribution is -3.00. The highest BCUT2D eigenvalue weighted by Crippen LogP contribution is 2.77. The van der Waals surface area contributed by atoms with Gasteiger partial charge in [-0.05, 0) is 40.9 Å². The van der Waals surface area contributed by atoms with Crippen molar-refractivity contribution in [1.29, 1.82) is 0 Å². The van der Waals surface area contributed by atoms with Gasteiger partial charge in [-0.15, -0.1) is 0 Å². The SMILES string of the molecule is BrC1=C[P+]2(Nc3ccccc3O2)OC12CC2.[Br-]. The average molecular weight is 379 g/mol. The number of benzene rings is 1. The third-order valence-corrected chi connectivity index (χ3v) is 6.68. The Hall–Kier alpha value is -0.0900. The van der Waals surface area contributed by atoms with Crippen LogP contribution in [-0.2, 0) is 4.52 Å². The summed E-state index contributed by atoms with van der Waals surface area (Å²) in [5.74, 6) is 2.99. The predicted molar refractivity (Wildman–Crippen MR) is 67.7 cm³/mol. The number of para-hydroxylation sites is 2. The molecular weight excluding hydrogens is 369 g/mol. The molecule has 0 amide bonds. The van der Waals surface area contributed by atoms with E-state index in [2.05, 4.69) is 26.8 Å². The quantitative estimate of drug-likeness (QED) is 0.685. The summed E-state index contributed by atoms with van der Waals surface area (Å²) >= 11 is 3.60. The Morgan fingerprint density at radius 1 is 1.29 bits per heavy atom. The van der Waals surface area contributed by atoms with Gasteiger partial charge in [-0.25, -0.2) is 0 Å². The first-order valence-corrected chi connectivity index (χ1v) is 7.75. The number of anilines is 1. The van der Waals surface area contributed by atoms with Crippen molar-refractivity contribution in [3.8, 4) is 5.75 Å². The van der Waals surface area contributed by atoms with Gasteiger partial charge < -0.3 is 17.0 Å². The monoisotopic (exact) mass is 377 g/mol. The molecule has 1 aromatic rings. The van der Waals surface area contributed by atoms with Crippen LogP contribution in [-0.4, -0.2) is 5.60 Å². The third kappa shape index (κ3) is 1.67. The summed E-state index contributed by atoms with van der Waals surface area (Å²) in [5, 5.41) is 3.40. The molecule has 1 N–H and O–H groups in total. The van der Waals surface area contributed by atoms with Crippen LogP contribution in [0.4, 0.5) is 5.69 Å². The highest BCUT2D eigenvalue weighted by Gasteiger charge is 2.67. The smallest absolute Gasteiger partial charge is 0.446 e. The van der Waals surface area contributed by atoms with E-state index in [1.54, 1.807) is 0 Å². The first kappa shape index (κ1) is 12.0. The molecule has 1 atom stereocenters. The van der Waals surface area contributed by atoms with E-state index in [9.17, 15) is 0 Å². The van der Waals surface area contributed by atoms with E-state index >= 15 is 0 Å². The molecule has 2 heterocycles. The molecule has 0 bridgehead atoms. The third-order valence-electron chi connectivity index (χ3n) is 3.13. The van der Waals surface area contributed by atoms with Crippen molar-refractivity contribution in [2.75, 3.05) is 5.09 Å². The maximum Gasteiger partial charge on any atom is 0.446 e. The second kappa shape index (κ2) is 3.70. The number of hydrogen-bond acceptors (Lipinski definition) is 3. The van der Waals surface area contributed by atoms with Crippen LogP contribution in [0.5, 0.6) is 5.75 Å². The summed E-state index contributed by atoms with van der Waals surface area (Å²) in [4.78, 5) is 0. The van der Waals surface area contributed by atoms with Crippen molar-refractivity contribution in [2.45, 2.75) is 18.4 Å². The Morgan fingerprint density at radius 3 is 2.71 bits per heavy atom. The van der Waals surface area contributed by atoms with Gasteiger partial charge in [0.25, 0.3) is 0 Å². The van der Waals surface area contributed by atoms with Crippen molar-refractivity contribution >= 4 is 29.5 Å². The van der Waals surface area contributed by atoms with E-state index in [1.807, 2.05) is 24.3 Å². The Morgan fingerprint density at radius 2 is 2.06 bits per heavy atom. The van der Waals surface area contributed by atoms with E-state index in [-0.39, 0.29) is 22.6 Å². The Balaban J connectivity index is 0.000000902. The highest BCUT2D eigenvalue weighted by molar-refractivity contribution is 9.11. The van der Waals surface area contributed by atoms with E-state index in [0.717, 1.165) is 28.8 Å². The zero-order chi connectivity index (χ0) is 10.8. The van der Waals surface area contributed by atoms with E-state index < -0.39 is 7.87 Å². The summed E-state index contributed by atoms with van der Waals surface area (Å²) in [6, 6.07) is 7.97. The maximum absolute atomic E-state index is 6.14. The van der Waals surface area contributed by atoms with Crippen LogP contribution >= 0.6 is 23.8 Å². The molecule has 1 fully saturated rings. The fourth-order valence-electron chi connectivity index (χ4n) is 2.12. The standard InChI is InChI=1S/C11H10BrNO2P.BrH/c12-10-7-16(15-11(10)5-6-11)13-8-3-1-2-4-9(8)14-16;/h1-4,7,13H,5-6H2;1H/q+1;/p-1. The second-order valence-corrected chi connectivity index (χ2v) is 7.25. The molecular formula is C11H10Br2NO2P. The van der Waals surface area contributed by atoms with Gasteiger partial charge >= 0.3 is 7.87 Å². The van der Waals surface area contributed by atoms with Gasteiger partial charge in [0.15, 0.2) is 11.4 Å². The summed E-state index contributed by atoms with van der Waals surface area (Å²) in [7, 11) is -2.05. The van der Waals surface area contributed by atoms with Crippen molar-refractivity contribution in [3.63, 3.8) is 0 Å². The molecule has 2 aliphatic heterocycles. The summed E-state index contributed by atoms with van der Waals surface area (Å²) in [6.07, 6.45) is 2.18. The van der Waals surface area contributed by atoms with Crippen LogP contribution in [0.25, 0.3) is 0 Å². The lowest BCUT2D eigenvalue weighted by molar-refractivity contribution is -0.00000581. The van der Waals surface area contributed by atoms with Gasteiger partial charge in [0, 0.05) is 0 Å². The lowest BCUT2D eigenvalue weighted by Gasteiger charge is -2.11. The van der Waals surface area contributed by atoms with Crippen molar-refractivity contribution in [1.82, 2.24) is 0 Å². The Kier molecular flexibility index (Phi) is 2.61. The zero-order valence-electron chi connectivity index (χ0n) is 8.82. The minimum Gasteiger partial charge on any atom is -1.00 e. The maximum atomic E-state index is 6.14. The van der Waals surface area contributed by atoms with Gasteiger partial charge in [0.2, 0.25) is 5.75 Å². The molecule has 3 aliphatic rings. The van der Waals surface area contributed by atoms with Crippen LogP contribution < -0.4 is 26.6 Å². The second-order valence-electron chi connectivity index (χ2n) is 4.36. The fourth-order valence-corrected chi connectivity index (χ4v) is 6.13. The predicted octanol–water partition coefficient (Wildman–Crippen LogP) is 1.06. The normalized spacial score (nSPS) is 30.3. The van der Waals surface area contributed by atoms with Crippen LogP contribution in [0.2, 0.25) is 0 Å². The molecule has 1 aliphatic carbocycles. The van der Waals surface area contributed by atoms with Crippen LogP contribution in [0.1, 0.15) is 12.8 Å². The van der Waals surface area contributed by atoms with Crippen LogP contribution in [0, 0.1) is 0 Å². The summed E-state index contributed by atoms with van der Waals surface area (Å²) in [6.45, 7) is 0. The molecule has 0 saturated heterocycles. The number of hydrogen-bond donors (Lipinski definition) is 1. The molecule has 2 spiro atoms. The molecule has 17 heavy (non-hydrogen) atoms. The first-order chi connectivity index (χ1) is 7.72. The summed E-state index contributed by atoms with van der Waals surface area (Å²) in [5.41, 5.74) is 0.966. The summed E-state index contributed by atoms with van der Waals surface area (Å²) < 4.78 is 13.3. The molecule has 90 valence electrons. The highest BCUT2D eigenvalue weighted by atomic mass is 79.9.